The Labute approximate surface area is 189 Å². The molecule has 0 saturated carbocycles. The van der Waals surface area contributed by atoms with Gasteiger partial charge in [0.1, 0.15) is 0 Å². The number of H-pyrrole nitrogens is 1. The molecule has 2 aromatic carbocycles. The van der Waals surface area contributed by atoms with Gasteiger partial charge in [0.15, 0.2) is 0 Å². The van der Waals surface area contributed by atoms with E-state index in [1.165, 1.54) is 0 Å². The Bertz CT molecular complexity index is 1190. The van der Waals surface area contributed by atoms with Crippen molar-refractivity contribution in [2.75, 3.05) is 5.32 Å². The quantitative estimate of drug-likeness (QED) is 0.322. The van der Waals surface area contributed by atoms with Gasteiger partial charge in [0.25, 0.3) is 0 Å². The van der Waals surface area contributed by atoms with Crippen LogP contribution in [0.4, 0.5) is 5.69 Å². The molecule has 0 fully saturated rings. The number of halogens is 3. The van der Waals surface area contributed by atoms with Crippen molar-refractivity contribution in [2.24, 2.45) is 0 Å². The van der Waals surface area contributed by atoms with E-state index in [9.17, 15) is 4.79 Å². The number of anilines is 1. The zero-order valence-corrected chi connectivity index (χ0v) is 18.2. The summed E-state index contributed by atoms with van der Waals surface area (Å²) in [5, 5.41) is 5.35. The van der Waals surface area contributed by atoms with Crippen LogP contribution in [0.5, 0.6) is 0 Å². The first-order chi connectivity index (χ1) is 14.5. The second-order valence-corrected chi connectivity index (χ2v) is 8.13. The predicted octanol–water partition coefficient (Wildman–Crippen LogP) is 7.15. The lowest BCUT2D eigenvalue weighted by Crippen LogP contribution is -2.12. The molecule has 4 rings (SSSR count). The van der Waals surface area contributed by atoms with Crippen molar-refractivity contribution in [1.82, 2.24) is 9.97 Å². The number of nitrogens with one attached hydrogen (secondary N) is 2. The second kappa shape index (κ2) is 9.09. The van der Waals surface area contributed by atoms with E-state index in [2.05, 4.69) is 15.3 Å². The summed E-state index contributed by atoms with van der Waals surface area (Å²) < 4.78 is 0. The SMILES string of the molecule is O=C(CCCc1c(-c2ccccn2)[nH]c2ccc(Cl)cc12)Nc1c(Cl)cccc1Cl. The number of amides is 1. The lowest BCUT2D eigenvalue weighted by atomic mass is 10.0. The van der Waals surface area contributed by atoms with E-state index in [4.69, 9.17) is 34.8 Å². The molecule has 4 nitrogen and oxygen atoms in total. The molecule has 0 spiro atoms. The molecular formula is C23H18Cl3N3O. The molecule has 7 heteroatoms. The first-order valence-electron chi connectivity index (χ1n) is 9.48. The Balaban J connectivity index is 1.53. The maximum atomic E-state index is 12.4. The van der Waals surface area contributed by atoms with Gasteiger partial charge >= 0.3 is 0 Å². The summed E-state index contributed by atoms with van der Waals surface area (Å²) in [4.78, 5) is 20.4. The van der Waals surface area contributed by atoms with Crippen LogP contribution >= 0.6 is 34.8 Å². The number of hydrogen-bond donors (Lipinski definition) is 2. The predicted molar refractivity (Wildman–Crippen MR) is 125 cm³/mol. The topological polar surface area (TPSA) is 57.8 Å². The molecule has 2 heterocycles. The number of hydrogen-bond acceptors (Lipinski definition) is 2. The number of aromatic nitrogens is 2. The van der Waals surface area contributed by atoms with Crippen LogP contribution in [0.25, 0.3) is 22.3 Å². The summed E-state index contributed by atoms with van der Waals surface area (Å²) in [5.41, 5.74) is 4.32. The molecule has 0 radical (unpaired) electrons. The van der Waals surface area contributed by atoms with Crippen LogP contribution in [0.2, 0.25) is 15.1 Å². The highest BCUT2D eigenvalue weighted by atomic mass is 35.5. The number of pyridine rings is 1. The minimum absolute atomic E-state index is 0.137. The largest absolute Gasteiger partial charge is 0.353 e. The Morgan fingerprint density at radius 3 is 2.53 bits per heavy atom. The smallest absolute Gasteiger partial charge is 0.224 e. The van der Waals surface area contributed by atoms with E-state index in [1.807, 2.05) is 36.4 Å². The van der Waals surface area contributed by atoms with Gasteiger partial charge in [-0.15, -0.1) is 0 Å². The van der Waals surface area contributed by atoms with Gasteiger partial charge < -0.3 is 10.3 Å². The van der Waals surface area contributed by atoms with Crippen molar-refractivity contribution >= 4 is 57.3 Å². The van der Waals surface area contributed by atoms with Crippen LogP contribution in [-0.4, -0.2) is 15.9 Å². The van der Waals surface area contributed by atoms with Crippen molar-refractivity contribution in [3.8, 4) is 11.4 Å². The molecule has 4 aromatic rings. The summed E-state index contributed by atoms with van der Waals surface area (Å²) in [6, 6.07) is 16.7. The normalized spacial score (nSPS) is 11.0. The van der Waals surface area contributed by atoms with Gasteiger partial charge in [-0.25, -0.2) is 0 Å². The van der Waals surface area contributed by atoms with Crippen LogP contribution in [0.1, 0.15) is 18.4 Å². The number of aromatic amines is 1. The average molecular weight is 459 g/mol. The first kappa shape index (κ1) is 20.7. The van der Waals surface area contributed by atoms with Crippen LogP contribution < -0.4 is 5.32 Å². The highest BCUT2D eigenvalue weighted by Gasteiger charge is 2.15. The summed E-state index contributed by atoms with van der Waals surface area (Å²) in [6.45, 7) is 0. The summed E-state index contributed by atoms with van der Waals surface area (Å²) >= 11 is 18.5. The lowest BCUT2D eigenvalue weighted by Gasteiger charge is -2.09. The number of para-hydroxylation sites is 1. The Morgan fingerprint density at radius 1 is 1.00 bits per heavy atom. The van der Waals surface area contributed by atoms with Crippen molar-refractivity contribution < 1.29 is 4.79 Å². The summed E-state index contributed by atoms with van der Waals surface area (Å²) in [6.07, 6.45) is 3.43. The molecule has 30 heavy (non-hydrogen) atoms. The fraction of sp³-hybridized carbons (Fsp3) is 0.130. The molecule has 0 bridgehead atoms. The van der Waals surface area contributed by atoms with Crippen molar-refractivity contribution in [3.05, 3.63) is 81.4 Å². The number of rotatable bonds is 6. The Kier molecular flexibility index (Phi) is 6.28. The zero-order chi connectivity index (χ0) is 21.1. The molecule has 1 amide bonds. The standard InChI is InChI=1S/C23H18Cl3N3O/c24-14-10-11-19-16(13-14)15(22(28-19)20-8-1-2-12-27-20)5-3-9-21(30)29-23-17(25)6-4-7-18(23)26/h1-2,4,6-8,10-13,28H,3,5,9H2,(H,29,30). The maximum Gasteiger partial charge on any atom is 0.224 e. The van der Waals surface area contributed by atoms with Gasteiger partial charge in [0.2, 0.25) is 5.91 Å². The van der Waals surface area contributed by atoms with Gasteiger partial charge in [-0.1, -0.05) is 46.9 Å². The highest BCUT2D eigenvalue weighted by molar-refractivity contribution is 6.39. The van der Waals surface area contributed by atoms with E-state index in [0.29, 0.717) is 40.0 Å². The van der Waals surface area contributed by atoms with Gasteiger partial charge in [-0.2, -0.15) is 0 Å². The van der Waals surface area contributed by atoms with Crippen LogP contribution in [-0.2, 0) is 11.2 Å². The maximum absolute atomic E-state index is 12.4. The molecular weight excluding hydrogens is 441 g/mol. The number of nitrogens with zero attached hydrogens (tertiary/aromatic N) is 1. The van der Waals surface area contributed by atoms with Gasteiger partial charge in [0, 0.05) is 28.5 Å². The van der Waals surface area contributed by atoms with Gasteiger partial charge in [-0.3, -0.25) is 9.78 Å². The van der Waals surface area contributed by atoms with Crippen molar-refractivity contribution in [2.45, 2.75) is 19.3 Å². The average Bonchev–Trinajstić information content (AvgIpc) is 3.09. The molecule has 0 aliphatic carbocycles. The van der Waals surface area contributed by atoms with Crippen LogP contribution in [0.3, 0.4) is 0 Å². The summed E-state index contributed by atoms with van der Waals surface area (Å²) in [5.74, 6) is -0.137. The first-order valence-corrected chi connectivity index (χ1v) is 10.6. The number of fused-ring (bicyclic) bond motifs is 1. The number of benzene rings is 2. The van der Waals surface area contributed by atoms with E-state index < -0.39 is 0 Å². The van der Waals surface area contributed by atoms with Crippen molar-refractivity contribution in [1.29, 1.82) is 0 Å². The van der Waals surface area contributed by atoms with E-state index in [1.54, 1.807) is 24.4 Å². The van der Waals surface area contributed by atoms with Crippen LogP contribution in [0.15, 0.2) is 60.8 Å². The fourth-order valence-corrected chi connectivity index (χ4v) is 4.12. The number of carbonyl (C=O) groups is 1. The minimum atomic E-state index is -0.137. The summed E-state index contributed by atoms with van der Waals surface area (Å²) in [7, 11) is 0. The Hall–Kier alpha value is -2.53. The fourth-order valence-electron chi connectivity index (χ4n) is 3.45. The van der Waals surface area contributed by atoms with Crippen LogP contribution in [0, 0.1) is 0 Å². The van der Waals surface area contributed by atoms with Gasteiger partial charge in [0.05, 0.1) is 27.1 Å². The molecule has 152 valence electrons. The van der Waals surface area contributed by atoms with Gasteiger partial charge in [-0.05, 0) is 60.9 Å². The molecule has 0 unspecified atom stereocenters. The molecule has 2 aromatic heterocycles. The molecule has 0 saturated heterocycles. The van der Waals surface area contributed by atoms with Crippen molar-refractivity contribution in [3.63, 3.8) is 0 Å². The second-order valence-electron chi connectivity index (χ2n) is 6.88. The number of carbonyl (C=O) groups excluding carboxylic acids is 1. The minimum Gasteiger partial charge on any atom is -0.353 e. The zero-order valence-electron chi connectivity index (χ0n) is 15.9. The Morgan fingerprint density at radius 2 is 1.80 bits per heavy atom. The van der Waals surface area contributed by atoms with E-state index in [-0.39, 0.29) is 5.91 Å². The third-order valence-corrected chi connectivity index (χ3v) is 5.71. The molecule has 0 aliphatic heterocycles. The van der Waals surface area contributed by atoms with E-state index >= 15 is 0 Å². The highest BCUT2D eigenvalue weighted by Crippen LogP contribution is 2.33. The number of aryl methyl sites for hydroxylation is 1. The lowest BCUT2D eigenvalue weighted by molar-refractivity contribution is -0.116. The molecule has 2 N–H and O–H groups in total. The van der Waals surface area contributed by atoms with E-state index in [0.717, 1.165) is 27.9 Å². The third kappa shape index (κ3) is 4.46. The monoisotopic (exact) mass is 457 g/mol. The molecule has 0 aliphatic rings. The molecule has 0 atom stereocenters. The third-order valence-electron chi connectivity index (χ3n) is 4.85.